The number of anilines is 2. The van der Waals surface area contributed by atoms with Gasteiger partial charge in [0.1, 0.15) is 5.82 Å². The monoisotopic (exact) mass is 287 g/mol. The van der Waals surface area contributed by atoms with Gasteiger partial charge in [0.15, 0.2) is 0 Å². The number of hydrogen-bond donors (Lipinski definition) is 2. The van der Waals surface area contributed by atoms with Crippen molar-refractivity contribution in [1.29, 1.82) is 0 Å². The molecule has 3 N–H and O–H groups in total. The van der Waals surface area contributed by atoms with Gasteiger partial charge < -0.3 is 16.0 Å². The van der Waals surface area contributed by atoms with Crippen molar-refractivity contribution in [2.75, 3.05) is 24.3 Å². The molecule has 0 heterocycles. The summed E-state index contributed by atoms with van der Waals surface area (Å²) in [7, 11) is 3.81. The second-order valence-corrected chi connectivity index (χ2v) is 4.91. The van der Waals surface area contributed by atoms with Gasteiger partial charge in [-0.1, -0.05) is 6.07 Å². The average Bonchev–Trinajstić information content (AvgIpc) is 2.49. The van der Waals surface area contributed by atoms with E-state index in [0.29, 0.717) is 16.8 Å². The van der Waals surface area contributed by atoms with Gasteiger partial charge >= 0.3 is 0 Å². The van der Waals surface area contributed by atoms with Crippen molar-refractivity contribution in [2.24, 2.45) is 5.73 Å². The van der Waals surface area contributed by atoms with Crippen LogP contribution in [-0.4, -0.2) is 20.0 Å². The van der Waals surface area contributed by atoms with Gasteiger partial charge in [0, 0.05) is 43.1 Å². The molecule has 0 aliphatic rings. The van der Waals surface area contributed by atoms with E-state index in [-0.39, 0.29) is 18.3 Å². The molecule has 0 aliphatic carbocycles. The molecular weight excluding hydrogens is 269 g/mol. The molecule has 2 rings (SSSR count). The number of benzene rings is 2. The van der Waals surface area contributed by atoms with Gasteiger partial charge in [-0.2, -0.15) is 0 Å². The van der Waals surface area contributed by atoms with Gasteiger partial charge in [-0.25, -0.2) is 4.39 Å². The van der Waals surface area contributed by atoms with Crippen molar-refractivity contribution < 1.29 is 9.18 Å². The fourth-order valence-electron chi connectivity index (χ4n) is 1.94. The summed E-state index contributed by atoms with van der Waals surface area (Å²) in [5.41, 5.74) is 7.83. The summed E-state index contributed by atoms with van der Waals surface area (Å²) >= 11 is 0. The van der Waals surface area contributed by atoms with Crippen molar-refractivity contribution in [2.45, 2.75) is 6.54 Å². The molecule has 0 saturated carbocycles. The number of nitrogens with one attached hydrogen (secondary N) is 1. The maximum atomic E-state index is 13.4. The van der Waals surface area contributed by atoms with Crippen LogP contribution in [0, 0.1) is 5.82 Å². The van der Waals surface area contributed by atoms with Crippen LogP contribution in [-0.2, 0) is 6.54 Å². The number of carbonyl (C=O) groups is 1. The molecule has 0 aliphatic heterocycles. The van der Waals surface area contributed by atoms with E-state index in [1.807, 2.05) is 31.1 Å². The van der Waals surface area contributed by atoms with Crippen molar-refractivity contribution in [3.05, 3.63) is 59.4 Å². The van der Waals surface area contributed by atoms with E-state index in [4.69, 9.17) is 5.73 Å². The highest BCUT2D eigenvalue weighted by molar-refractivity contribution is 6.04. The van der Waals surface area contributed by atoms with Crippen LogP contribution in [0.15, 0.2) is 42.5 Å². The Hall–Kier alpha value is -2.40. The van der Waals surface area contributed by atoms with Crippen LogP contribution in [0.3, 0.4) is 0 Å². The fourth-order valence-corrected chi connectivity index (χ4v) is 1.94. The lowest BCUT2D eigenvalue weighted by Crippen LogP contribution is -2.14. The van der Waals surface area contributed by atoms with Crippen LogP contribution in [0.2, 0.25) is 0 Å². The minimum absolute atomic E-state index is 0.0889. The van der Waals surface area contributed by atoms with Gasteiger partial charge in [0.05, 0.1) is 0 Å². The third-order valence-corrected chi connectivity index (χ3v) is 3.15. The largest absolute Gasteiger partial charge is 0.378 e. The lowest BCUT2D eigenvalue weighted by molar-refractivity contribution is 0.102. The van der Waals surface area contributed by atoms with Crippen LogP contribution in [0.5, 0.6) is 0 Å². The van der Waals surface area contributed by atoms with Gasteiger partial charge in [0.25, 0.3) is 5.91 Å². The Bertz CT molecular complexity index is 656. The Labute approximate surface area is 123 Å². The molecule has 1 amide bonds. The Balaban J connectivity index is 2.20. The zero-order valence-corrected chi connectivity index (χ0v) is 12.1. The summed E-state index contributed by atoms with van der Waals surface area (Å²) in [6, 6.07) is 11.6. The second kappa shape index (κ2) is 6.37. The molecule has 0 saturated heterocycles. The number of hydrogen-bond acceptors (Lipinski definition) is 3. The molecule has 0 spiro atoms. The lowest BCUT2D eigenvalue weighted by atomic mass is 10.1. The van der Waals surface area contributed by atoms with Crippen molar-refractivity contribution in [3.63, 3.8) is 0 Å². The zero-order chi connectivity index (χ0) is 15.4. The predicted molar refractivity (Wildman–Crippen MR) is 83.0 cm³/mol. The van der Waals surface area contributed by atoms with Crippen LogP contribution < -0.4 is 16.0 Å². The van der Waals surface area contributed by atoms with Gasteiger partial charge in [-0.3, -0.25) is 4.79 Å². The van der Waals surface area contributed by atoms with Crippen molar-refractivity contribution in [1.82, 2.24) is 0 Å². The summed E-state index contributed by atoms with van der Waals surface area (Å²) in [6.45, 7) is 0.0889. The summed E-state index contributed by atoms with van der Waals surface area (Å²) in [5.74, 6) is -0.613. The Morgan fingerprint density at radius 3 is 2.67 bits per heavy atom. The molecule has 0 atom stereocenters. The summed E-state index contributed by atoms with van der Waals surface area (Å²) in [6.07, 6.45) is 0. The van der Waals surface area contributed by atoms with Gasteiger partial charge in [0.2, 0.25) is 0 Å². The molecule has 0 radical (unpaired) electrons. The number of rotatable bonds is 4. The zero-order valence-electron chi connectivity index (χ0n) is 12.1. The summed E-state index contributed by atoms with van der Waals surface area (Å²) in [5, 5.41) is 2.75. The van der Waals surface area contributed by atoms with E-state index in [1.165, 1.54) is 12.1 Å². The van der Waals surface area contributed by atoms with Crippen LogP contribution >= 0.6 is 0 Å². The smallest absolute Gasteiger partial charge is 0.255 e. The van der Waals surface area contributed by atoms with Crippen LogP contribution in [0.25, 0.3) is 0 Å². The highest BCUT2D eigenvalue weighted by Gasteiger charge is 2.09. The molecule has 0 bridgehead atoms. The quantitative estimate of drug-likeness (QED) is 0.908. The van der Waals surface area contributed by atoms with E-state index in [9.17, 15) is 9.18 Å². The molecule has 0 fully saturated rings. The van der Waals surface area contributed by atoms with E-state index in [2.05, 4.69) is 5.32 Å². The molecule has 0 aromatic heterocycles. The highest BCUT2D eigenvalue weighted by atomic mass is 19.1. The predicted octanol–water partition coefficient (Wildman–Crippen LogP) is 2.60. The summed E-state index contributed by atoms with van der Waals surface area (Å²) in [4.78, 5) is 14.1. The first-order chi connectivity index (χ1) is 10.0. The normalized spacial score (nSPS) is 10.3. The molecule has 110 valence electrons. The first-order valence-electron chi connectivity index (χ1n) is 6.58. The van der Waals surface area contributed by atoms with Crippen molar-refractivity contribution in [3.8, 4) is 0 Å². The number of nitrogens with two attached hydrogens (primary N) is 1. The average molecular weight is 287 g/mol. The third-order valence-electron chi connectivity index (χ3n) is 3.15. The number of amides is 1. The minimum atomic E-state index is -0.370. The summed E-state index contributed by atoms with van der Waals surface area (Å²) < 4.78 is 13.4. The fraction of sp³-hybridized carbons (Fsp3) is 0.188. The Morgan fingerprint density at radius 1 is 1.24 bits per heavy atom. The van der Waals surface area contributed by atoms with E-state index < -0.39 is 0 Å². The SMILES string of the molecule is CN(C)c1cccc(C(=O)Nc2ccc(F)c(CN)c2)c1. The molecule has 2 aromatic rings. The third kappa shape index (κ3) is 3.58. The standard InChI is InChI=1S/C16H18FN3O/c1-20(2)14-5-3-4-11(9-14)16(21)19-13-6-7-15(17)12(8-13)10-18/h3-9H,10,18H2,1-2H3,(H,19,21). The maximum absolute atomic E-state index is 13.4. The molecular formula is C16H18FN3O. The Kier molecular flexibility index (Phi) is 4.55. The highest BCUT2D eigenvalue weighted by Crippen LogP contribution is 2.17. The first-order valence-corrected chi connectivity index (χ1v) is 6.58. The number of carbonyl (C=O) groups excluding carboxylic acids is 1. The minimum Gasteiger partial charge on any atom is -0.378 e. The second-order valence-electron chi connectivity index (χ2n) is 4.91. The lowest BCUT2D eigenvalue weighted by Gasteiger charge is -2.13. The molecule has 5 heteroatoms. The van der Waals surface area contributed by atoms with Crippen LogP contribution in [0.1, 0.15) is 15.9 Å². The number of nitrogens with zero attached hydrogens (tertiary/aromatic N) is 1. The van der Waals surface area contributed by atoms with Gasteiger partial charge in [-0.15, -0.1) is 0 Å². The van der Waals surface area contributed by atoms with Gasteiger partial charge in [-0.05, 0) is 36.4 Å². The van der Waals surface area contributed by atoms with E-state index in [0.717, 1.165) is 5.69 Å². The Morgan fingerprint density at radius 2 is 2.00 bits per heavy atom. The molecule has 21 heavy (non-hydrogen) atoms. The molecule has 0 unspecified atom stereocenters. The van der Waals surface area contributed by atoms with E-state index >= 15 is 0 Å². The van der Waals surface area contributed by atoms with Crippen LogP contribution in [0.4, 0.5) is 15.8 Å². The number of halogens is 1. The topological polar surface area (TPSA) is 58.4 Å². The van der Waals surface area contributed by atoms with E-state index in [1.54, 1.807) is 18.2 Å². The maximum Gasteiger partial charge on any atom is 0.255 e. The van der Waals surface area contributed by atoms with Crippen molar-refractivity contribution >= 4 is 17.3 Å². The molecule has 4 nitrogen and oxygen atoms in total. The first kappa shape index (κ1) is 15.0. The molecule has 2 aromatic carbocycles.